The van der Waals surface area contributed by atoms with E-state index in [1.165, 1.54) is 37.9 Å². The van der Waals surface area contributed by atoms with Crippen LogP contribution in [0.1, 0.15) is 32.6 Å². The zero-order valence-electron chi connectivity index (χ0n) is 10.7. The lowest BCUT2D eigenvalue weighted by Gasteiger charge is -2.23. The highest BCUT2D eigenvalue weighted by atomic mass is 14.9. The average molecular weight is 229 g/mol. The Hall–Kier alpha value is -0.720. The molecule has 92 valence electrons. The van der Waals surface area contributed by atoms with Crippen LogP contribution in [0.2, 0.25) is 0 Å². The van der Waals surface area contributed by atoms with E-state index in [2.05, 4.69) is 30.5 Å². The SMILES string of the molecule is CC1C2C(NCC3CC4CCC3C4)=CC=C[C@H]12. The first-order chi connectivity index (χ1) is 8.33. The van der Waals surface area contributed by atoms with Gasteiger partial charge < -0.3 is 5.32 Å². The van der Waals surface area contributed by atoms with E-state index in [0.717, 1.165) is 35.5 Å². The molecule has 0 saturated heterocycles. The highest BCUT2D eigenvalue weighted by Gasteiger charge is 2.48. The van der Waals surface area contributed by atoms with Gasteiger partial charge in [0.2, 0.25) is 0 Å². The molecule has 3 saturated carbocycles. The Balaban J connectivity index is 1.36. The van der Waals surface area contributed by atoms with Crippen LogP contribution in [0.15, 0.2) is 23.9 Å². The van der Waals surface area contributed by atoms with E-state index in [4.69, 9.17) is 0 Å². The fourth-order valence-electron chi connectivity index (χ4n) is 4.73. The van der Waals surface area contributed by atoms with Gasteiger partial charge in [-0.05, 0) is 54.9 Å². The molecule has 4 aliphatic rings. The summed E-state index contributed by atoms with van der Waals surface area (Å²) in [6.07, 6.45) is 13.0. The van der Waals surface area contributed by atoms with Gasteiger partial charge in [-0.15, -0.1) is 0 Å². The molecule has 0 radical (unpaired) electrons. The van der Waals surface area contributed by atoms with Crippen molar-refractivity contribution in [1.29, 1.82) is 0 Å². The number of fused-ring (bicyclic) bond motifs is 3. The molecular weight excluding hydrogens is 206 g/mol. The van der Waals surface area contributed by atoms with Gasteiger partial charge in [0.25, 0.3) is 0 Å². The molecule has 6 atom stereocenters. The largest absolute Gasteiger partial charge is 0.388 e. The second-order valence-corrected chi connectivity index (χ2v) is 6.78. The summed E-state index contributed by atoms with van der Waals surface area (Å²) in [5.74, 6) is 5.68. The molecule has 3 fully saturated rings. The van der Waals surface area contributed by atoms with Crippen molar-refractivity contribution in [3.05, 3.63) is 23.9 Å². The second kappa shape index (κ2) is 3.63. The van der Waals surface area contributed by atoms with Crippen molar-refractivity contribution in [3.63, 3.8) is 0 Å². The van der Waals surface area contributed by atoms with Gasteiger partial charge in [-0.2, -0.15) is 0 Å². The van der Waals surface area contributed by atoms with E-state index in [0.29, 0.717) is 0 Å². The highest BCUT2D eigenvalue weighted by Crippen LogP contribution is 2.53. The smallest absolute Gasteiger partial charge is 0.0175 e. The molecule has 17 heavy (non-hydrogen) atoms. The van der Waals surface area contributed by atoms with Crippen molar-refractivity contribution in [1.82, 2.24) is 5.32 Å². The standard InChI is InChI=1S/C16H23N/c1-10-14-3-2-4-15(16(10)14)17-9-13-8-11-5-6-12(13)7-11/h2-4,10-14,16-17H,5-9H2,1H3/t10?,11?,12?,13?,14-,16?/m1/s1. The zero-order valence-corrected chi connectivity index (χ0v) is 10.7. The van der Waals surface area contributed by atoms with Crippen LogP contribution >= 0.6 is 0 Å². The molecular formula is C16H23N. The molecule has 1 heteroatoms. The van der Waals surface area contributed by atoms with Crippen LogP contribution in [-0.2, 0) is 0 Å². The van der Waals surface area contributed by atoms with E-state index < -0.39 is 0 Å². The maximum absolute atomic E-state index is 3.78. The number of nitrogens with one attached hydrogen (secondary N) is 1. The van der Waals surface area contributed by atoms with Gasteiger partial charge in [0, 0.05) is 18.2 Å². The van der Waals surface area contributed by atoms with E-state index >= 15 is 0 Å². The second-order valence-electron chi connectivity index (χ2n) is 6.78. The van der Waals surface area contributed by atoms with Crippen LogP contribution in [0.5, 0.6) is 0 Å². The third-order valence-electron chi connectivity index (χ3n) is 5.87. The minimum Gasteiger partial charge on any atom is -0.388 e. The summed E-state index contributed by atoms with van der Waals surface area (Å²) in [5.41, 5.74) is 1.53. The Kier molecular flexibility index (Phi) is 2.19. The summed E-state index contributed by atoms with van der Waals surface area (Å²) in [6.45, 7) is 3.63. The van der Waals surface area contributed by atoms with Gasteiger partial charge in [0.05, 0.1) is 0 Å². The first-order valence-electron chi connectivity index (χ1n) is 7.45. The van der Waals surface area contributed by atoms with Crippen molar-refractivity contribution in [2.24, 2.45) is 35.5 Å². The monoisotopic (exact) mass is 229 g/mol. The summed E-state index contributed by atoms with van der Waals surface area (Å²) in [6, 6.07) is 0. The lowest BCUT2D eigenvalue weighted by atomic mass is 9.88. The third-order valence-corrected chi connectivity index (χ3v) is 5.87. The maximum Gasteiger partial charge on any atom is 0.0175 e. The summed E-state index contributed by atoms with van der Waals surface area (Å²) in [4.78, 5) is 0. The lowest BCUT2D eigenvalue weighted by Crippen LogP contribution is -2.27. The Bertz CT molecular complexity index is 381. The van der Waals surface area contributed by atoms with Crippen molar-refractivity contribution in [2.75, 3.05) is 6.54 Å². The van der Waals surface area contributed by atoms with Crippen LogP contribution < -0.4 is 5.32 Å². The fourth-order valence-corrected chi connectivity index (χ4v) is 4.73. The molecule has 0 aromatic rings. The summed E-state index contributed by atoms with van der Waals surface area (Å²) >= 11 is 0. The van der Waals surface area contributed by atoms with Crippen molar-refractivity contribution in [2.45, 2.75) is 32.6 Å². The van der Waals surface area contributed by atoms with Gasteiger partial charge in [-0.3, -0.25) is 0 Å². The quantitative estimate of drug-likeness (QED) is 0.782. The van der Waals surface area contributed by atoms with Gasteiger partial charge in [0.15, 0.2) is 0 Å². The van der Waals surface area contributed by atoms with Crippen molar-refractivity contribution < 1.29 is 0 Å². The Morgan fingerprint density at radius 2 is 2.24 bits per heavy atom. The maximum atomic E-state index is 3.78. The summed E-state index contributed by atoms with van der Waals surface area (Å²) in [5, 5.41) is 3.78. The van der Waals surface area contributed by atoms with Crippen LogP contribution in [0.3, 0.4) is 0 Å². The third kappa shape index (κ3) is 1.58. The lowest BCUT2D eigenvalue weighted by molar-refractivity contribution is 0.324. The minimum absolute atomic E-state index is 0.832. The molecule has 0 amide bonds. The van der Waals surface area contributed by atoms with Crippen molar-refractivity contribution in [3.8, 4) is 0 Å². The van der Waals surface area contributed by atoms with Gasteiger partial charge in [-0.1, -0.05) is 25.5 Å². The summed E-state index contributed by atoms with van der Waals surface area (Å²) in [7, 11) is 0. The number of rotatable bonds is 3. The predicted octanol–water partition coefficient (Wildman–Crippen LogP) is 3.35. The van der Waals surface area contributed by atoms with Gasteiger partial charge in [-0.25, -0.2) is 0 Å². The molecule has 0 aromatic heterocycles. The van der Waals surface area contributed by atoms with Crippen LogP contribution in [-0.4, -0.2) is 6.54 Å². The van der Waals surface area contributed by atoms with E-state index in [1.807, 2.05) is 0 Å². The first-order valence-corrected chi connectivity index (χ1v) is 7.45. The first kappa shape index (κ1) is 10.2. The van der Waals surface area contributed by atoms with Gasteiger partial charge >= 0.3 is 0 Å². The Morgan fingerprint density at radius 1 is 1.29 bits per heavy atom. The Labute approximate surface area is 104 Å². The van der Waals surface area contributed by atoms with Gasteiger partial charge in [0.1, 0.15) is 0 Å². The number of hydrogen-bond donors (Lipinski definition) is 1. The molecule has 0 aromatic carbocycles. The molecule has 4 aliphatic carbocycles. The Morgan fingerprint density at radius 3 is 3.00 bits per heavy atom. The highest BCUT2D eigenvalue weighted by molar-refractivity contribution is 5.31. The molecule has 0 aliphatic heterocycles. The number of allylic oxidation sites excluding steroid dienone is 4. The van der Waals surface area contributed by atoms with Crippen molar-refractivity contribution >= 4 is 0 Å². The van der Waals surface area contributed by atoms with E-state index in [9.17, 15) is 0 Å². The van der Waals surface area contributed by atoms with E-state index in [-0.39, 0.29) is 0 Å². The predicted molar refractivity (Wildman–Crippen MR) is 70.3 cm³/mol. The van der Waals surface area contributed by atoms with E-state index in [1.54, 1.807) is 0 Å². The molecule has 0 spiro atoms. The molecule has 2 bridgehead atoms. The average Bonchev–Trinajstić information content (AvgIpc) is 2.77. The normalized spacial score (nSPS) is 50.1. The molecule has 5 unspecified atom stereocenters. The van der Waals surface area contributed by atoms with Crippen LogP contribution in [0.25, 0.3) is 0 Å². The molecule has 0 heterocycles. The number of hydrogen-bond acceptors (Lipinski definition) is 1. The molecule has 1 N–H and O–H groups in total. The summed E-state index contributed by atoms with van der Waals surface area (Å²) < 4.78 is 0. The fraction of sp³-hybridized carbons (Fsp3) is 0.750. The topological polar surface area (TPSA) is 12.0 Å². The zero-order chi connectivity index (χ0) is 11.4. The molecule has 4 rings (SSSR count). The van der Waals surface area contributed by atoms with Crippen LogP contribution in [0, 0.1) is 35.5 Å². The van der Waals surface area contributed by atoms with Crippen LogP contribution in [0.4, 0.5) is 0 Å². The molecule has 1 nitrogen and oxygen atoms in total. The minimum atomic E-state index is 0.832.